The summed E-state index contributed by atoms with van der Waals surface area (Å²) in [7, 11) is -3.48. The second-order valence-electron chi connectivity index (χ2n) is 10.5. The van der Waals surface area contributed by atoms with E-state index < -0.39 is 9.84 Å². The van der Waals surface area contributed by atoms with Crippen LogP contribution in [0.1, 0.15) is 59.3 Å². The molecule has 3 aliphatic carbocycles. The molecule has 0 heterocycles. The Morgan fingerprint density at radius 2 is 1.69 bits per heavy atom. The number of carbonyl (C=O) groups excluding carboxylic acids is 1. The summed E-state index contributed by atoms with van der Waals surface area (Å²) in [5, 5.41) is 3.12. The zero-order valence-corrected chi connectivity index (χ0v) is 20.1. The van der Waals surface area contributed by atoms with E-state index in [9.17, 15) is 17.6 Å². The maximum atomic E-state index is 13.2. The molecule has 8 heteroatoms. The lowest BCUT2D eigenvalue weighted by Crippen LogP contribution is -2.55. The Morgan fingerprint density at radius 3 is 2.16 bits per heavy atom. The van der Waals surface area contributed by atoms with Crippen LogP contribution in [-0.2, 0) is 14.6 Å². The van der Waals surface area contributed by atoms with Crippen LogP contribution in [0, 0.1) is 10.8 Å². The summed E-state index contributed by atoms with van der Waals surface area (Å²) in [6.45, 7) is 6.02. The average molecular weight is 467 g/mol. The molecular weight excluding hydrogens is 431 g/mol. The molecule has 0 radical (unpaired) electrons. The number of nitrogens with two attached hydrogens (primary N) is 1. The molecule has 1 amide bonds. The maximum absolute atomic E-state index is 13.2. The predicted molar refractivity (Wildman–Crippen MR) is 123 cm³/mol. The van der Waals surface area contributed by atoms with Gasteiger partial charge in [0.25, 0.3) is 0 Å². The van der Waals surface area contributed by atoms with E-state index in [0.29, 0.717) is 17.7 Å². The number of ether oxygens (including phenoxy) is 1. The largest absolute Gasteiger partial charge is 0.489 e. The van der Waals surface area contributed by atoms with Crippen molar-refractivity contribution in [3.05, 3.63) is 36.2 Å². The number of amides is 1. The minimum Gasteiger partial charge on any atom is -0.489 e. The topological polar surface area (TPSA) is 98.5 Å². The number of sulfone groups is 1. The van der Waals surface area contributed by atoms with E-state index in [4.69, 9.17) is 10.5 Å². The fourth-order valence-corrected chi connectivity index (χ4v) is 6.79. The van der Waals surface area contributed by atoms with E-state index in [0.717, 1.165) is 38.5 Å². The Balaban J connectivity index is 1.64. The first-order valence-electron chi connectivity index (χ1n) is 11.2. The number of fused-ring (bicyclic) bond motifs is 3. The average Bonchev–Trinajstić information content (AvgIpc) is 2.74. The predicted octanol–water partition coefficient (Wildman–Crippen LogP) is 3.91. The SMILES string of the molecule is CC(C)(C)NC(=O)C12CCC(CS(=O)(=O)c3ccc(OC/C(=C\F)CN)cc3)(CC1)CC2. The van der Waals surface area contributed by atoms with Gasteiger partial charge in [0.1, 0.15) is 12.4 Å². The van der Waals surface area contributed by atoms with Crippen molar-refractivity contribution >= 4 is 15.7 Å². The molecule has 4 rings (SSSR count). The molecule has 3 saturated carbocycles. The van der Waals surface area contributed by atoms with Gasteiger partial charge in [-0.05, 0) is 89.0 Å². The number of benzene rings is 1. The van der Waals surface area contributed by atoms with Gasteiger partial charge in [-0.1, -0.05) is 0 Å². The summed E-state index contributed by atoms with van der Waals surface area (Å²) in [4.78, 5) is 13.2. The van der Waals surface area contributed by atoms with Crippen molar-refractivity contribution in [2.75, 3.05) is 18.9 Å². The Morgan fingerprint density at radius 1 is 1.12 bits per heavy atom. The Labute approximate surface area is 190 Å². The van der Waals surface area contributed by atoms with Gasteiger partial charge in [0.15, 0.2) is 9.84 Å². The molecule has 6 nitrogen and oxygen atoms in total. The Bertz CT molecular complexity index is 940. The lowest BCUT2D eigenvalue weighted by molar-refractivity contribution is -0.141. The van der Waals surface area contributed by atoms with E-state index in [1.165, 1.54) is 12.1 Å². The van der Waals surface area contributed by atoms with Gasteiger partial charge in [-0.25, -0.2) is 12.8 Å². The van der Waals surface area contributed by atoms with Crippen LogP contribution in [0.3, 0.4) is 0 Å². The number of halogens is 1. The van der Waals surface area contributed by atoms with E-state index >= 15 is 0 Å². The van der Waals surface area contributed by atoms with Crippen LogP contribution < -0.4 is 15.8 Å². The van der Waals surface area contributed by atoms with Crippen molar-refractivity contribution in [2.45, 2.75) is 69.7 Å². The summed E-state index contributed by atoms with van der Waals surface area (Å²) in [6.07, 6.45) is 4.90. The first-order chi connectivity index (χ1) is 14.9. The quantitative estimate of drug-likeness (QED) is 0.605. The summed E-state index contributed by atoms with van der Waals surface area (Å²) < 4.78 is 44.4. The fourth-order valence-electron chi connectivity index (χ4n) is 4.83. The van der Waals surface area contributed by atoms with Crippen molar-refractivity contribution in [1.82, 2.24) is 5.32 Å². The summed E-state index contributed by atoms with van der Waals surface area (Å²) in [5.41, 5.74) is 4.84. The smallest absolute Gasteiger partial charge is 0.226 e. The van der Waals surface area contributed by atoms with Gasteiger partial charge < -0.3 is 15.8 Å². The lowest BCUT2D eigenvalue weighted by Gasteiger charge is -2.52. The molecule has 0 atom stereocenters. The van der Waals surface area contributed by atoms with Crippen LogP contribution in [0.2, 0.25) is 0 Å². The molecule has 1 aromatic rings. The first kappa shape index (κ1) is 24.7. The van der Waals surface area contributed by atoms with Gasteiger partial charge in [-0.3, -0.25) is 4.79 Å². The van der Waals surface area contributed by atoms with Gasteiger partial charge in [-0.15, -0.1) is 0 Å². The van der Waals surface area contributed by atoms with Crippen molar-refractivity contribution < 1.29 is 22.3 Å². The number of nitrogens with one attached hydrogen (secondary N) is 1. The van der Waals surface area contributed by atoms with Crippen molar-refractivity contribution in [3.63, 3.8) is 0 Å². The van der Waals surface area contributed by atoms with E-state index in [2.05, 4.69) is 5.32 Å². The van der Waals surface area contributed by atoms with Gasteiger partial charge in [0.2, 0.25) is 5.91 Å². The minimum atomic E-state index is -3.48. The molecule has 3 fully saturated rings. The van der Waals surface area contributed by atoms with Crippen molar-refractivity contribution in [3.8, 4) is 5.75 Å². The van der Waals surface area contributed by atoms with E-state index in [1.54, 1.807) is 12.1 Å². The summed E-state index contributed by atoms with van der Waals surface area (Å²) >= 11 is 0. The van der Waals surface area contributed by atoms with Crippen molar-refractivity contribution in [1.29, 1.82) is 0 Å². The second-order valence-corrected chi connectivity index (χ2v) is 12.5. The van der Waals surface area contributed by atoms with Crippen LogP contribution in [0.15, 0.2) is 41.1 Å². The van der Waals surface area contributed by atoms with Crippen LogP contribution in [0.5, 0.6) is 5.75 Å². The summed E-state index contributed by atoms with van der Waals surface area (Å²) in [5.74, 6) is 0.663. The Hall–Kier alpha value is -1.93. The standard InChI is InChI=1S/C24H35FN2O4S/c1-22(2,3)27-21(28)24-11-8-23(9-12-24,10-13-24)17-32(29,30)20-6-4-19(5-7-20)31-16-18(14-25)15-26/h4-7,14H,8-13,15-17,26H2,1-3H3,(H,27,28)/b18-14-. The second kappa shape index (κ2) is 9.14. The van der Waals surface area contributed by atoms with Gasteiger partial charge in [0.05, 0.1) is 17.0 Å². The normalized spacial score (nSPS) is 26.1. The highest BCUT2D eigenvalue weighted by molar-refractivity contribution is 7.91. The number of rotatable bonds is 8. The Kier molecular flexibility index (Phi) is 7.05. The molecule has 0 aromatic heterocycles. The highest BCUT2D eigenvalue weighted by atomic mass is 32.2. The molecule has 0 saturated heterocycles. The molecule has 3 aliphatic rings. The highest BCUT2D eigenvalue weighted by Gasteiger charge is 2.53. The molecule has 1 aromatic carbocycles. The zero-order chi connectivity index (χ0) is 23.6. The third kappa shape index (κ3) is 5.52. The maximum Gasteiger partial charge on any atom is 0.226 e. The van der Waals surface area contributed by atoms with E-state index in [-0.39, 0.29) is 46.1 Å². The molecule has 32 heavy (non-hydrogen) atoms. The minimum absolute atomic E-state index is 0.0206. The third-order valence-electron chi connectivity index (χ3n) is 6.89. The van der Waals surface area contributed by atoms with Gasteiger partial charge >= 0.3 is 0 Å². The van der Waals surface area contributed by atoms with Crippen LogP contribution >= 0.6 is 0 Å². The first-order valence-corrected chi connectivity index (χ1v) is 12.8. The lowest BCUT2D eigenvalue weighted by atomic mass is 9.54. The molecule has 0 aliphatic heterocycles. The molecule has 0 unspecified atom stereocenters. The zero-order valence-electron chi connectivity index (χ0n) is 19.2. The summed E-state index contributed by atoms with van der Waals surface area (Å²) in [6, 6.07) is 6.24. The third-order valence-corrected chi connectivity index (χ3v) is 8.87. The van der Waals surface area contributed by atoms with Crippen LogP contribution in [-0.4, -0.2) is 38.8 Å². The van der Waals surface area contributed by atoms with Crippen LogP contribution in [0.25, 0.3) is 0 Å². The van der Waals surface area contributed by atoms with E-state index in [1.807, 2.05) is 20.8 Å². The molecule has 0 spiro atoms. The molecule has 2 bridgehead atoms. The fraction of sp³-hybridized carbons (Fsp3) is 0.625. The number of hydrogen-bond acceptors (Lipinski definition) is 5. The van der Waals surface area contributed by atoms with Crippen molar-refractivity contribution in [2.24, 2.45) is 16.6 Å². The van der Waals surface area contributed by atoms with Gasteiger partial charge in [0, 0.05) is 23.1 Å². The van der Waals surface area contributed by atoms with Gasteiger partial charge in [-0.2, -0.15) is 0 Å². The van der Waals surface area contributed by atoms with Crippen LogP contribution in [0.4, 0.5) is 4.39 Å². The molecule has 178 valence electrons. The number of carbonyl (C=O) groups is 1. The molecular formula is C24H35FN2O4S. The monoisotopic (exact) mass is 466 g/mol. The molecule has 3 N–H and O–H groups in total. The number of hydrogen-bond donors (Lipinski definition) is 2. The highest BCUT2D eigenvalue weighted by Crippen LogP contribution is 2.57.